The van der Waals surface area contributed by atoms with Crippen molar-refractivity contribution in [2.24, 2.45) is 5.92 Å². The average Bonchev–Trinajstić information content (AvgIpc) is 3.89. The maximum Gasteiger partial charge on any atom is 0.223 e. The maximum atomic E-state index is 13.2. The lowest BCUT2D eigenvalue weighted by molar-refractivity contribution is -0.134. The number of hydrogen-bond acceptors (Lipinski definition) is 6. The lowest BCUT2D eigenvalue weighted by Crippen LogP contribution is -2.56. The normalized spacial score (nSPS) is 19.3. The zero-order valence-electron chi connectivity index (χ0n) is 21.9. The standard InChI is InChI=1S/C31H33N5O2/c1-3-24-17-23(12-13-33-24)29-20(2)26(18-32)31(34-30(29)22-8-9-22)35-14-15-36(27(19-35)21-6-7-21)28(37)11-10-25-5-4-16-38-25/h3-5,12-13,16-17,21-22,27H,1,6-11,14-15,19H2,2H3/t27-/m0/s1. The lowest BCUT2D eigenvalue weighted by Gasteiger charge is -2.43. The molecule has 0 aromatic carbocycles. The van der Waals surface area contributed by atoms with Gasteiger partial charge in [0.2, 0.25) is 5.91 Å². The summed E-state index contributed by atoms with van der Waals surface area (Å²) in [6, 6.07) is 10.5. The van der Waals surface area contributed by atoms with Crippen molar-refractivity contribution in [3.05, 3.63) is 71.6 Å². The number of furan rings is 1. The van der Waals surface area contributed by atoms with Crippen LogP contribution in [0.25, 0.3) is 17.2 Å². The van der Waals surface area contributed by atoms with E-state index in [2.05, 4.69) is 27.4 Å². The summed E-state index contributed by atoms with van der Waals surface area (Å²) < 4.78 is 5.43. The number of hydrogen-bond donors (Lipinski definition) is 0. The van der Waals surface area contributed by atoms with Gasteiger partial charge in [-0.15, -0.1) is 0 Å². The van der Waals surface area contributed by atoms with Gasteiger partial charge in [-0.1, -0.05) is 6.58 Å². The van der Waals surface area contributed by atoms with Crippen molar-refractivity contribution in [3.63, 3.8) is 0 Å². The first kappa shape index (κ1) is 24.4. The molecule has 1 amide bonds. The average molecular weight is 508 g/mol. The fourth-order valence-corrected chi connectivity index (χ4v) is 5.83. The van der Waals surface area contributed by atoms with Crippen LogP contribution >= 0.6 is 0 Å². The summed E-state index contributed by atoms with van der Waals surface area (Å²) in [6.45, 7) is 7.96. The summed E-state index contributed by atoms with van der Waals surface area (Å²) >= 11 is 0. The Balaban J connectivity index is 1.30. The van der Waals surface area contributed by atoms with Crippen LogP contribution in [0.2, 0.25) is 0 Å². The van der Waals surface area contributed by atoms with E-state index in [1.165, 1.54) is 0 Å². The third-order valence-electron chi connectivity index (χ3n) is 8.18. The lowest BCUT2D eigenvalue weighted by atomic mass is 9.93. The molecular formula is C31H33N5O2. The van der Waals surface area contributed by atoms with Crippen molar-refractivity contribution in [2.45, 2.75) is 57.4 Å². The van der Waals surface area contributed by atoms with Crippen LogP contribution in [0.15, 0.2) is 47.7 Å². The van der Waals surface area contributed by atoms with Gasteiger partial charge < -0.3 is 14.2 Å². The zero-order chi connectivity index (χ0) is 26.2. The Kier molecular flexibility index (Phi) is 6.49. The monoisotopic (exact) mass is 507 g/mol. The van der Waals surface area contributed by atoms with Gasteiger partial charge in [0.15, 0.2) is 0 Å². The third kappa shape index (κ3) is 4.71. The van der Waals surface area contributed by atoms with E-state index in [-0.39, 0.29) is 11.9 Å². The molecule has 2 aliphatic carbocycles. The summed E-state index contributed by atoms with van der Waals surface area (Å²) in [5.41, 5.74) is 5.59. The Labute approximate surface area is 223 Å². The number of anilines is 1. The minimum Gasteiger partial charge on any atom is -0.469 e. The Morgan fingerprint density at radius 2 is 2.11 bits per heavy atom. The van der Waals surface area contributed by atoms with Gasteiger partial charge in [-0.2, -0.15) is 5.26 Å². The fraction of sp³-hybridized carbons (Fsp3) is 0.419. The van der Waals surface area contributed by atoms with E-state index in [1.54, 1.807) is 18.5 Å². The molecule has 7 heteroatoms. The number of piperazine rings is 1. The summed E-state index contributed by atoms with van der Waals surface area (Å²) in [7, 11) is 0. The molecule has 1 atom stereocenters. The minimum atomic E-state index is 0.154. The quantitative estimate of drug-likeness (QED) is 0.400. The Morgan fingerprint density at radius 3 is 2.79 bits per heavy atom. The summed E-state index contributed by atoms with van der Waals surface area (Å²) in [4.78, 5) is 27.2. The van der Waals surface area contributed by atoms with E-state index in [4.69, 9.17) is 9.40 Å². The Morgan fingerprint density at radius 1 is 1.26 bits per heavy atom. The van der Waals surface area contributed by atoms with Crippen molar-refractivity contribution in [1.29, 1.82) is 5.26 Å². The molecule has 3 aliphatic rings. The molecule has 38 heavy (non-hydrogen) atoms. The van der Waals surface area contributed by atoms with E-state index < -0.39 is 0 Å². The number of aryl methyl sites for hydroxylation is 1. The first-order chi connectivity index (χ1) is 18.6. The number of nitrogens with zero attached hydrogens (tertiary/aromatic N) is 5. The molecule has 0 N–H and O–H groups in total. The van der Waals surface area contributed by atoms with E-state index in [0.717, 1.165) is 71.9 Å². The number of carbonyl (C=O) groups excluding carboxylic acids is 1. The molecule has 3 fully saturated rings. The van der Waals surface area contributed by atoms with Crippen molar-refractivity contribution in [2.75, 3.05) is 24.5 Å². The highest BCUT2D eigenvalue weighted by atomic mass is 16.3. The second-order valence-electron chi connectivity index (χ2n) is 10.8. The van der Waals surface area contributed by atoms with Gasteiger partial charge in [0.05, 0.1) is 29.3 Å². The van der Waals surface area contributed by atoms with Crippen LogP contribution < -0.4 is 4.90 Å². The van der Waals surface area contributed by atoms with E-state index >= 15 is 0 Å². The summed E-state index contributed by atoms with van der Waals surface area (Å²) in [5, 5.41) is 10.3. The highest BCUT2D eigenvalue weighted by Crippen LogP contribution is 2.47. The van der Waals surface area contributed by atoms with E-state index in [9.17, 15) is 10.1 Å². The van der Waals surface area contributed by atoms with Crippen molar-refractivity contribution in [1.82, 2.24) is 14.9 Å². The first-order valence-electron chi connectivity index (χ1n) is 13.7. The number of amides is 1. The van der Waals surface area contributed by atoms with Crippen molar-refractivity contribution in [3.8, 4) is 17.2 Å². The number of aromatic nitrogens is 2. The van der Waals surface area contributed by atoms with Crippen molar-refractivity contribution < 1.29 is 9.21 Å². The molecule has 0 bridgehead atoms. The number of nitriles is 1. The van der Waals surface area contributed by atoms with Gasteiger partial charge in [-0.25, -0.2) is 4.98 Å². The van der Waals surface area contributed by atoms with Crippen LogP contribution in [-0.2, 0) is 11.2 Å². The number of carbonyl (C=O) groups is 1. The van der Waals surface area contributed by atoms with Gasteiger partial charge in [-0.05, 0) is 80.0 Å². The maximum absolute atomic E-state index is 13.2. The molecule has 2 saturated carbocycles. The van der Waals surface area contributed by atoms with Gasteiger partial charge in [0.25, 0.3) is 0 Å². The molecule has 3 aromatic rings. The number of rotatable bonds is 8. The molecule has 194 valence electrons. The summed E-state index contributed by atoms with van der Waals surface area (Å²) in [5.74, 6) is 2.75. The molecule has 0 spiro atoms. The fourth-order valence-electron chi connectivity index (χ4n) is 5.83. The molecular weight excluding hydrogens is 474 g/mol. The largest absolute Gasteiger partial charge is 0.469 e. The van der Waals surface area contributed by atoms with E-state index in [1.807, 2.05) is 31.2 Å². The predicted molar refractivity (Wildman–Crippen MR) is 146 cm³/mol. The highest BCUT2D eigenvalue weighted by molar-refractivity contribution is 5.79. The molecule has 6 rings (SSSR count). The molecule has 7 nitrogen and oxygen atoms in total. The van der Waals surface area contributed by atoms with Gasteiger partial charge in [0.1, 0.15) is 17.6 Å². The second kappa shape index (κ2) is 10.1. The SMILES string of the molecule is C=Cc1cc(-c2c(C3CC3)nc(N3CCN(C(=O)CCc4ccco4)[C@H](C4CC4)C3)c(C#N)c2C)ccn1. The topological polar surface area (TPSA) is 86.3 Å². The van der Waals surface area contributed by atoms with Gasteiger partial charge in [-0.3, -0.25) is 9.78 Å². The number of pyridine rings is 2. The van der Waals surface area contributed by atoms with Crippen LogP contribution in [-0.4, -0.2) is 46.5 Å². The van der Waals surface area contributed by atoms with Crippen LogP contribution in [0, 0.1) is 24.2 Å². The first-order valence-corrected chi connectivity index (χ1v) is 13.7. The molecule has 1 aliphatic heterocycles. The van der Waals surface area contributed by atoms with Crippen molar-refractivity contribution >= 4 is 17.8 Å². The van der Waals surface area contributed by atoms with E-state index in [0.29, 0.717) is 43.3 Å². The van der Waals surface area contributed by atoms with Crippen LogP contribution in [0.1, 0.15) is 66.3 Å². The van der Waals surface area contributed by atoms with Gasteiger partial charge >= 0.3 is 0 Å². The molecule has 4 heterocycles. The second-order valence-corrected chi connectivity index (χ2v) is 10.8. The summed E-state index contributed by atoms with van der Waals surface area (Å²) in [6.07, 6.45) is 10.8. The minimum absolute atomic E-state index is 0.154. The molecule has 1 saturated heterocycles. The van der Waals surface area contributed by atoms with Crippen LogP contribution in [0.3, 0.4) is 0 Å². The smallest absolute Gasteiger partial charge is 0.223 e. The highest BCUT2D eigenvalue weighted by Gasteiger charge is 2.42. The third-order valence-corrected chi connectivity index (χ3v) is 8.18. The zero-order valence-corrected chi connectivity index (χ0v) is 21.9. The Hall–Kier alpha value is -3.92. The molecule has 3 aromatic heterocycles. The predicted octanol–water partition coefficient (Wildman–Crippen LogP) is 5.50. The van der Waals surface area contributed by atoms with Crippen LogP contribution in [0.4, 0.5) is 5.82 Å². The Bertz CT molecular complexity index is 1400. The molecule has 0 radical (unpaired) electrons. The van der Waals surface area contributed by atoms with Gasteiger partial charge in [0, 0.05) is 50.2 Å². The van der Waals surface area contributed by atoms with Crippen LogP contribution in [0.5, 0.6) is 0 Å². The molecule has 0 unspecified atom stereocenters.